The van der Waals surface area contributed by atoms with Gasteiger partial charge in [-0.2, -0.15) is 0 Å². The summed E-state index contributed by atoms with van der Waals surface area (Å²) in [6.07, 6.45) is 4.03. The zero-order valence-corrected chi connectivity index (χ0v) is 12.9. The van der Waals surface area contributed by atoms with Crippen molar-refractivity contribution in [2.75, 3.05) is 0 Å². The van der Waals surface area contributed by atoms with E-state index in [0.29, 0.717) is 5.02 Å². The van der Waals surface area contributed by atoms with Crippen LogP contribution in [0.15, 0.2) is 83.6 Å². The lowest BCUT2D eigenvalue weighted by Gasteiger charge is -2.03. The van der Waals surface area contributed by atoms with Crippen LogP contribution in [0.25, 0.3) is 28.3 Å². The second-order valence-electron chi connectivity index (χ2n) is 5.22. The fraction of sp³-hybridized carbons (Fsp3) is 0. The zero-order chi connectivity index (χ0) is 15.6. The van der Waals surface area contributed by atoms with Crippen molar-refractivity contribution in [3.05, 3.63) is 84.1 Å². The van der Waals surface area contributed by atoms with Gasteiger partial charge >= 0.3 is 0 Å². The van der Waals surface area contributed by atoms with Gasteiger partial charge in [0.25, 0.3) is 0 Å². The number of benzene rings is 2. The predicted molar refractivity (Wildman–Crippen MR) is 91.7 cm³/mol. The van der Waals surface area contributed by atoms with E-state index in [1.165, 1.54) is 0 Å². The van der Waals surface area contributed by atoms with Crippen molar-refractivity contribution < 1.29 is 4.52 Å². The van der Waals surface area contributed by atoms with Gasteiger partial charge < -0.3 is 9.09 Å². The monoisotopic (exact) mass is 320 g/mol. The lowest BCUT2D eigenvalue weighted by molar-refractivity contribution is 0.435. The molecular weight excluding hydrogens is 308 g/mol. The highest BCUT2D eigenvalue weighted by Gasteiger charge is 2.08. The summed E-state index contributed by atoms with van der Waals surface area (Å²) in [5.41, 5.74) is 3.88. The molecule has 0 bridgehead atoms. The van der Waals surface area contributed by atoms with Crippen molar-refractivity contribution in [2.24, 2.45) is 0 Å². The van der Waals surface area contributed by atoms with Crippen LogP contribution in [0.1, 0.15) is 0 Å². The van der Waals surface area contributed by atoms with Crippen molar-refractivity contribution in [3.63, 3.8) is 0 Å². The lowest BCUT2D eigenvalue weighted by Crippen LogP contribution is -1.88. The van der Waals surface area contributed by atoms with Crippen molar-refractivity contribution in [1.82, 2.24) is 9.72 Å². The molecule has 4 rings (SSSR count). The molecule has 112 valence electrons. The van der Waals surface area contributed by atoms with Crippen LogP contribution in [-0.4, -0.2) is 9.72 Å². The molecule has 3 nitrogen and oxygen atoms in total. The third-order valence-corrected chi connectivity index (χ3v) is 3.96. The third-order valence-electron chi connectivity index (χ3n) is 3.70. The molecule has 0 saturated carbocycles. The van der Waals surface area contributed by atoms with Gasteiger partial charge in [-0.15, -0.1) is 0 Å². The molecule has 2 aromatic carbocycles. The molecule has 0 aliphatic carbocycles. The number of nitrogens with zero attached hydrogens (tertiary/aromatic N) is 2. The van der Waals surface area contributed by atoms with Crippen LogP contribution in [-0.2, 0) is 0 Å². The summed E-state index contributed by atoms with van der Waals surface area (Å²) in [6, 6.07) is 21.7. The summed E-state index contributed by atoms with van der Waals surface area (Å²) < 4.78 is 7.53. The first-order valence-electron chi connectivity index (χ1n) is 7.26. The minimum absolute atomic E-state index is 0.707. The SMILES string of the molecule is Clc1ccc(-c2cc(-c3ccc(-n4cccc4)cc3)on2)cc1. The van der Waals surface area contributed by atoms with Crippen molar-refractivity contribution in [1.29, 1.82) is 0 Å². The van der Waals surface area contributed by atoms with Crippen molar-refractivity contribution in [3.8, 4) is 28.3 Å². The molecule has 0 saturated heterocycles. The fourth-order valence-corrected chi connectivity index (χ4v) is 2.60. The van der Waals surface area contributed by atoms with E-state index in [0.717, 1.165) is 28.3 Å². The summed E-state index contributed by atoms with van der Waals surface area (Å²) in [5, 5.41) is 4.85. The van der Waals surface area contributed by atoms with Gasteiger partial charge in [0, 0.05) is 40.3 Å². The van der Waals surface area contributed by atoms with Crippen LogP contribution in [0.3, 0.4) is 0 Å². The van der Waals surface area contributed by atoms with Crippen LogP contribution in [0, 0.1) is 0 Å². The zero-order valence-electron chi connectivity index (χ0n) is 12.2. The van der Waals surface area contributed by atoms with E-state index in [-0.39, 0.29) is 0 Å². The molecule has 0 fully saturated rings. The van der Waals surface area contributed by atoms with Crippen LogP contribution in [0.5, 0.6) is 0 Å². The van der Waals surface area contributed by atoms with Gasteiger partial charge in [0.05, 0.1) is 0 Å². The average Bonchev–Trinajstić information content (AvgIpc) is 3.28. The Morgan fingerprint density at radius 2 is 1.48 bits per heavy atom. The highest BCUT2D eigenvalue weighted by molar-refractivity contribution is 6.30. The van der Waals surface area contributed by atoms with Gasteiger partial charge in [-0.05, 0) is 48.5 Å². The van der Waals surface area contributed by atoms with Gasteiger partial charge in [-0.1, -0.05) is 28.9 Å². The highest BCUT2D eigenvalue weighted by Crippen LogP contribution is 2.27. The van der Waals surface area contributed by atoms with E-state index in [9.17, 15) is 0 Å². The number of halogens is 1. The Bertz CT molecular complexity index is 907. The molecule has 0 radical (unpaired) electrons. The Labute approximate surface area is 138 Å². The van der Waals surface area contributed by atoms with Crippen LogP contribution >= 0.6 is 11.6 Å². The maximum atomic E-state index is 5.91. The Morgan fingerprint density at radius 3 is 2.17 bits per heavy atom. The minimum Gasteiger partial charge on any atom is -0.356 e. The number of aromatic nitrogens is 2. The molecule has 4 aromatic rings. The third kappa shape index (κ3) is 2.79. The molecule has 0 aliphatic heterocycles. The average molecular weight is 321 g/mol. The van der Waals surface area contributed by atoms with Gasteiger partial charge in [0.2, 0.25) is 0 Å². The molecule has 4 heteroatoms. The van der Waals surface area contributed by atoms with E-state index < -0.39 is 0 Å². The lowest BCUT2D eigenvalue weighted by atomic mass is 10.1. The summed E-state index contributed by atoms with van der Waals surface area (Å²) in [7, 11) is 0. The molecule has 0 atom stereocenters. The first kappa shape index (κ1) is 13.9. The maximum Gasteiger partial charge on any atom is 0.167 e. The van der Waals surface area contributed by atoms with E-state index in [4.69, 9.17) is 16.1 Å². The summed E-state index contributed by atoms with van der Waals surface area (Å²) in [6.45, 7) is 0. The molecular formula is C19H13ClN2O. The second-order valence-corrected chi connectivity index (χ2v) is 5.66. The quantitative estimate of drug-likeness (QED) is 0.502. The topological polar surface area (TPSA) is 31.0 Å². The molecule has 0 spiro atoms. The summed E-state index contributed by atoms with van der Waals surface area (Å²) in [4.78, 5) is 0. The Kier molecular flexibility index (Phi) is 3.48. The second kappa shape index (κ2) is 5.78. The summed E-state index contributed by atoms with van der Waals surface area (Å²) in [5.74, 6) is 0.744. The molecule has 2 aromatic heterocycles. The standard InChI is InChI=1S/C19H13ClN2O/c20-16-7-3-14(4-8-16)18-13-19(23-21-18)15-5-9-17(10-6-15)22-11-1-2-12-22/h1-13H. The number of rotatable bonds is 3. The molecule has 0 amide bonds. The van der Waals surface area contributed by atoms with Crippen LogP contribution in [0.2, 0.25) is 5.02 Å². The van der Waals surface area contributed by atoms with Gasteiger partial charge in [-0.3, -0.25) is 0 Å². The van der Waals surface area contributed by atoms with Gasteiger partial charge in [0.1, 0.15) is 5.69 Å². The van der Waals surface area contributed by atoms with Crippen LogP contribution in [0.4, 0.5) is 0 Å². The highest BCUT2D eigenvalue weighted by atomic mass is 35.5. The Morgan fingerprint density at radius 1 is 0.826 bits per heavy atom. The van der Waals surface area contributed by atoms with Crippen molar-refractivity contribution >= 4 is 11.6 Å². The molecule has 2 heterocycles. The van der Waals surface area contributed by atoms with Gasteiger partial charge in [0.15, 0.2) is 5.76 Å². The van der Waals surface area contributed by atoms with E-state index in [1.807, 2.05) is 67.0 Å². The van der Waals surface area contributed by atoms with Gasteiger partial charge in [-0.25, -0.2) is 0 Å². The number of hydrogen-bond acceptors (Lipinski definition) is 2. The van der Waals surface area contributed by atoms with Crippen molar-refractivity contribution in [2.45, 2.75) is 0 Å². The molecule has 23 heavy (non-hydrogen) atoms. The van der Waals surface area contributed by atoms with E-state index >= 15 is 0 Å². The first-order chi connectivity index (χ1) is 11.3. The normalized spacial score (nSPS) is 10.8. The minimum atomic E-state index is 0.707. The maximum absolute atomic E-state index is 5.91. The summed E-state index contributed by atoms with van der Waals surface area (Å²) >= 11 is 5.91. The smallest absolute Gasteiger partial charge is 0.167 e. The Hall–Kier alpha value is -2.78. The largest absolute Gasteiger partial charge is 0.356 e. The molecule has 0 N–H and O–H groups in total. The van der Waals surface area contributed by atoms with Crippen LogP contribution < -0.4 is 0 Å². The molecule has 0 aliphatic rings. The Balaban J connectivity index is 1.62. The predicted octanol–water partition coefficient (Wildman–Crippen LogP) is 5.45. The van der Waals surface area contributed by atoms with E-state index in [1.54, 1.807) is 0 Å². The van der Waals surface area contributed by atoms with E-state index in [2.05, 4.69) is 21.9 Å². The number of hydrogen-bond donors (Lipinski definition) is 0. The molecule has 0 unspecified atom stereocenters. The fourth-order valence-electron chi connectivity index (χ4n) is 2.47. The first-order valence-corrected chi connectivity index (χ1v) is 7.64.